The van der Waals surface area contributed by atoms with Gasteiger partial charge >= 0.3 is 12.1 Å². The number of aryl methyl sites for hydroxylation is 1. The van der Waals surface area contributed by atoms with Gasteiger partial charge in [-0.05, 0) is 50.6 Å². The largest absolute Gasteiger partial charge is 0.458 e. The van der Waals surface area contributed by atoms with Crippen molar-refractivity contribution in [3.8, 4) is 0 Å². The lowest BCUT2D eigenvalue weighted by molar-refractivity contribution is -0.289. The maximum Gasteiger partial charge on any atom is 0.458 e. The zero-order valence-electron chi connectivity index (χ0n) is 19.0. The van der Waals surface area contributed by atoms with Crippen molar-refractivity contribution < 1.29 is 40.0 Å². The summed E-state index contributed by atoms with van der Waals surface area (Å²) in [6.07, 6.45) is -4.80. The Morgan fingerprint density at radius 3 is 2.11 bits per heavy atom. The van der Waals surface area contributed by atoms with E-state index in [0.717, 1.165) is 12.3 Å². The first-order valence-corrected chi connectivity index (χ1v) is 12.3. The topological polar surface area (TPSA) is 92.3 Å². The van der Waals surface area contributed by atoms with E-state index >= 15 is 0 Å². The van der Waals surface area contributed by atoms with Gasteiger partial charge in [0.1, 0.15) is 9.84 Å². The smallest absolute Gasteiger partial charge is 0.346 e. The molecule has 6 nitrogen and oxygen atoms in total. The second kappa shape index (κ2) is 9.73. The molecule has 2 amide bonds. The summed E-state index contributed by atoms with van der Waals surface area (Å²) in [5.41, 5.74) is -3.16. The number of amides is 2. The summed E-state index contributed by atoms with van der Waals surface area (Å²) in [4.78, 5) is 25.8. The summed E-state index contributed by atoms with van der Waals surface area (Å²) in [5.74, 6) is -7.22. The molecule has 192 valence electrons. The van der Waals surface area contributed by atoms with Crippen molar-refractivity contribution >= 4 is 38.9 Å². The molecule has 0 fully saturated rings. The molecule has 2 rings (SSSR count). The minimum absolute atomic E-state index is 0.0690. The quantitative estimate of drug-likeness (QED) is 0.478. The third-order valence-corrected chi connectivity index (χ3v) is 6.31. The van der Waals surface area contributed by atoms with E-state index in [1.54, 1.807) is 0 Å². The zero-order chi connectivity index (χ0) is 27.0. The molecular weight excluding hydrogens is 519 g/mol. The Balaban J connectivity index is 2.36. The number of benzene rings is 2. The van der Waals surface area contributed by atoms with E-state index in [0.29, 0.717) is 12.1 Å². The minimum Gasteiger partial charge on any atom is -0.346 e. The van der Waals surface area contributed by atoms with Crippen molar-refractivity contribution in [1.29, 1.82) is 0 Å². The third-order valence-electron chi connectivity index (χ3n) is 4.75. The van der Waals surface area contributed by atoms with Gasteiger partial charge in [-0.2, -0.15) is 22.0 Å². The highest BCUT2D eigenvalue weighted by Gasteiger charge is 2.58. The van der Waals surface area contributed by atoms with Crippen molar-refractivity contribution in [3.05, 3.63) is 63.7 Å². The maximum atomic E-state index is 13.6. The van der Waals surface area contributed by atoms with E-state index in [4.69, 9.17) is 11.6 Å². The average Bonchev–Trinajstić information content (AvgIpc) is 2.65. The highest BCUT2D eigenvalue weighted by Crippen LogP contribution is 2.44. The second-order valence-electron chi connectivity index (χ2n) is 8.63. The van der Waals surface area contributed by atoms with Gasteiger partial charge in [0.05, 0.1) is 21.9 Å². The second-order valence-corrected chi connectivity index (χ2v) is 11.2. The predicted molar refractivity (Wildman–Crippen MR) is 122 cm³/mol. The molecule has 2 aromatic carbocycles. The van der Waals surface area contributed by atoms with Gasteiger partial charge in [-0.25, -0.2) is 8.42 Å². The summed E-state index contributed by atoms with van der Waals surface area (Å²) < 4.78 is 88.4. The van der Waals surface area contributed by atoms with Gasteiger partial charge in [-0.15, -0.1) is 0 Å². The van der Waals surface area contributed by atoms with E-state index in [2.05, 4.69) is 10.6 Å². The standard InChI is InChI=1S/C22H22ClF5N2O4S/c1-12-10-13(21(24,25)22(26,27)28)8-9-16(12)29-18(31)14-6-5-7-15(23)17(14)19(32)30-20(2,3)11-35(4,33)34/h5-10H,11H2,1-4H3,(H,29,31)(H,30,32). The fourth-order valence-electron chi connectivity index (χ4n) is 3.36. The number of halogens is 6. The van der Waals surface area contributed by atoms with Crippen LogP contribution >= 0.6 is 11.6 Å². The van der Waals surface area contributed by atoms with Crippen LogP contribution in [0.1, 0.15) is 45.7 Å². The number of anilines is 1. The Bertz CT molecular complexity index is 1260. The number of carbonyl (C=O) groups is 2. The Morgan fingerprint density at radius 1 is 1.00 bits per heavy atom. The molecule has 0 aliphatic rings. The Hall–Kier alpha value is -2.73. The van der Waals surface area contributed by atoms with E-state index in [-0.39, 0.29) is 27.4 Å². The molecule has 2 N–H and O–H groups in total. The summed E-state index contributed by atoms with van der Waals surface area (Å²) in [6, 6.07) is 5.98. The number of hydrogen-bond donors (Lipinski definition) is 2. The number of rotatable bonds is 7. The lowest BCUT2D eigenvalue weighted by atomic mass is 10.0. The lowest BCUT2D eigenvalue weighted by Gasteiger charge is -2.26. The van der Waals surface area contributed by atoms with E-state index in [9.17, 15) is 40.0 Å². The van der Waals surface area contributed by atoms with Crippen LogP contribution < -0.4 is 10.6 Å². The Kier molecular flexibility index (Phi) is 7.92. The number of alkyl halides is 5. The molecule has 0 atom stereocenters. The Labute approximate surface area is 203 Å². The van der Waals surface area contributed by atoms with E-state index in [1.807, 2.05) is 0 Å². The van der Waals surface area contributed by atoms with Gasteiger partial charge in [-0.3, -0.25) is 9.59 Å². The number of sulfone groups is 1. The molecule has 0 aromatic heterocycles. The maximum absolute atomic E-state index is 13.6. The van der Waals surface area contributed by atoms with Gasteiger partial charge < -0.3 is 10.6 Å². The SMILES string of the molecule is Cc1cc(C(F)(F)C(F)(F)F)ccc1NC(=O)c1cccc(Cl)c1C(=O)NC(C)(C)CS(C)(=O)=O. The molecule has 2 aromatic rings. The average molecular weight is 541 g/mol. The predicted octanol–water partition coefficient (Wildman–Crippen LogP) is 5.11. The molecule has 0 saturated carbocycles. The van der Waals surface area contributed by atoms with Gasteiger partial charge in [-0.1, -0.05) is 23.7 Å². The van der Waals surface area contributed by atoms with Gasteiger partial charge in [0.15, 0.2) is 0 Å². The third kappa shape index (κ3) is 6.91. The molecule has 0 saturated heterocycles. The Morgan fingerprint density at radius 2 is 1.60 bits per heavy atom. The van der Waals surface area contributed by atoms with Gasteiger partial charge in [0, 0.05) is 23.0 Å². The first-order chi connectivity index (χ1) is 15.7. The van der Waals surface area contributed by atoms with E-state index < -0.39 is 50.6 Å². The first kappa shape index (κ1) is 28.5. The fourth-order valence-corrected chi connectivity index (χ4v) is 5.00. The van der Waals surface area contributed by atoms with E-state index in [1.165, 1.54) is 39.0 Å². The van der Waals surface area contributed by atoms with Crippen LogP contribution in [0, 0.1) is 6.92 Å². The molecule has 13 heteroatoms. The van der Waals surface area contributed by atoms with Crippen molar-refractivity contribution in [2.75, 3.05) is 17.3 Å². The van der Waals surface area contributed by atoms with Crippen molar-refractivity contribution in [2.45, 2.75) is 38.4 Å². The van der Waals surface area contributed by atoms with Crippen molar-refractivity contribution in [1.82, 2.24) is 5.32 Å². The van der Waals surface area contributed by atoms with Crippen LogP contribution in [-0.2, 0) is 15.8 Å². The minimum atomic E-state index is -5.79. The normalized spacial score (nSPS) is 12.9. The van der Waals surface area contributed by atoms with Crippen LogP contribution in [0.25, 0.3) is 0 Å². The van der Waals surface area contributed by atoms with Gasteiger partial charge in [0.2, 0.25) is 0 Å². The molecule has 35 heavy (non-hydrogen) atoms. The number of hydrogen-bond acceptors (Lipinski definition) is 4. The van der Waals surface area contributed by atoms with Crippen LogP contribution in [0.5, 0.6) is 0 Å². The summed E-state index contributed by atoms with van der Waals surface area (Å²) >= 11 is 6.13. The van der Waals surface area contributed by atoms with Crippen LogP contribution in [0.4, 0.5) is 27.6 Å². The molecule has 0 aliphatic carbocycles. The monoisotopic (exact) mass is 540 g/mol. The fraction of sp³-hybridized carbons (Fsp3) is 0.364. The van der Waals surface area contributed by atoms with Crippen LogP contribution in [-0.4, -0.2) is 44.0 Å². The molecular formula is C22H22ClF5N2O4S. The van der Waals surface area contributed by atoms with Crippen molar-refractivity contribution in [2.24, 2.45) is 0 Å². The van der Waals surface area contributed by atoms with Crippen LogP contribution in [0.15, 0.2) is 36.4 Å². The summed E-state index contributed by atoms with van der Waals surface area (Å²) in [5, 5.41) is 4.75. The lowest BCUT2D eigenvalue weighted by Crippen LogP contribution is -2.48. The first-order valence-electron chi connectivity index (χ1n) is 9.91. The highest BCUT2D eigenvalue weighted by molar-refractivity contribution is 7.90. The van der Waals surface area contributed by atoms with Crippen LogP contribution in [0.3, 0.4) is 0 Å². The molecule has 0 heterocycles. The molecule has 0 unspecified atom stereocenters. The summed E-state index contributed by atoms with van der Waals surface area (Å²) in [7, 11) is -3.47. The molecule has 0 aliphatic heterocycles. The molecule has 0 spiro atoms. The number of nitrogens with one attached hydrogen (secondary N) is 2. The highest BCUT2D eigenvalue weighted by atomic mass is 35.5. The molecule has 0 radical (unpaired) electrons. The van der Waals surface area contributed by atoms with Crippen molar-refractivity contribution in [3.63, 3.8) is 0 Å². The summed E-state index contributed by atoms with van der Waals surface area (Å²) in [6.45, 7) is 4.15. The van der Waals surface area contributed by atoms with Crippen LogP contribution in [0.2, 0.25) is 5.02 Å². The zero-order valence-corrected chi connectivity index (χ0v) is 20.6. The van der Waals surface area contributed by atoms with Gasteiger partial charge in [0.25, 0.3) is 11.8 Å². The molecule has 0 bridgehead atoms. The number of carbonyl (C=O) groups excluding carboxylic acids is 2.